The number of hydrogen-bond acceptors (Lipinski definition) is 1. The number of aromatic nitrogens is 1. The van der Waals surface area contributed by atoms with E-state index in [1.54, 1.807) is 0 Å². The molecule has 2 aromatic heterocycles. The Morgan fingerprint density at radius 3 is 2.28 bits per heavy atom. The van der Waals surface area contributed by atoms with Crippen LogP contribution in [0.3, 0.4) is 0 Å². The quantitative estimate of drug-likeness (QED) is 0.189. The predicted molar refractivity (Wildman–Crippen MR) is 197 cm³/mol. The normalized spacial score (nSPS) is 17.2. The minimum atomic E-state index is 0.289. The number of para-hydroxylation sites is 2. The largest absolute Gasteiger partial charge is 0.308 e. The SMILES string of the molecule is CC1C=CC(C2c3ccccc3-c3cc(-c4cc5c6ccccc6n(-c6ccccc6)c5c5sc6ccccc6c45)ccc32)=CC1. The van der Waals surface area contributed by atoms with Gasteiger partial charge in [0.1, 0.15) is 0 Å². The van der Waals surface area contributed by atoms with Gasteiger partial charge in [-0.1, -0.05) is 116 Å². The molecule has 0 fully saturated rings. The van der Waals surface area contributed by atoms with Crippen molar-refractivity contribution in [3.63, 3.8) is 0 Å². The highest BCUT2D eigenvalue weighted by molar-refractivity contribution is 7.26. The summed E-state index contributed by atoms with van der Waals surface area (Å²) in [7, 11) is 0. The van der Waals surface area contributed by atoms with Crippen LogP contribution in [0.4, 0.5) is 0 Å². The van der Waals surface area contributed by atoms with Crippen LogP contribution in [0.25, 0.3) is 69.9 Å². The summed E-state index contributed by atoms with van der Waals surface area (Å²) in [5, 5.41) is 5.27. The molecule has 0 N–H and O–H groups in total. The van der Waals surface area contributed by atoms with Gasteiger partial charge in [0.15, 0.2) is 0 Å². The molecule has 0 amide bonds. The number of nitrogens with zero attached hydrogens (tertiary/aromatic N) is 1. The zero-order valence-electron chi connectivity index (χ0n) is 25.6. The van der Waals surface area contributed by atoms with E-state index in [0.29, 0.717) is 5.92 Å². The fourth-order valence-electron chi connectivity index (χ4n) is 8.09. The van der Waals surface area contributed by atoms with Gasteiger partial charge in [-0.15, -0.1) is 11.3 Å². The fourth-order valence-corrected chi connectivity index (χ4v) is 9.36. The molecule has 2 heterocycles. The average Bonchev–Trinajstić information content (AvgIpc) is 3.77. The molecule has 2 heteroatoms. The summed E-state index contributed by atoms with van der Waals surface area (Å²) in [5.74, 6) is 0.894. The lowest BCUT2D eigenvalue weighted by Crippen LogP contribution is -2.04. The van der Waals surface area contributed by atoms with Crippen LogP contribution < -0.4 is 0 Å². The summed E-state index contributed by atoms with van der Waals surface area (Å²) in [4.78, 5) is 0. The maximum Gasteiger partial charge on any atom is 0.0720 e. The highest BCUT2D eigenvalue weighted by Gasteiger charge is 2.31. The lowest BCUT2D eigenvalue weighted by Gasteiger charge is -2.20. The monoisotopic (exact) mass is 605 g/mol. The summed E-state index contributed by atoms with van der Waals surface area (Å²) in [5.41, 5.74) is 13.3. The van der Waals surface area contributed by atoms with E-state index in [9.17, 15) is 0 Å². The van der Waals surface area contributed by atoms with E-state index in [1.807, 2.05) is 11.3 Å². The van der Waals surface area contributed by atoms with E-state index in [0.717, 1.165) is 6.42 Å². The molecule has 6 aromatic carbocycles. The van der Waals surface area contributed by atoms with Crippen molar-refractivity contribution in [2.75, 3.05) is 0 Å². The van der Waals surface area contributed by atoms with Gasteiger partial charge < -0.3 is 4.57 Å². The Morgan fingerprint density at radius 2 is 1.41 bits per heavy atom. The molecule has 0 saturated carbocycles. The summed E-state index contributed by atoms with van der Waals surface area (Å²) in [6.07, 6.45) is 8.32. The van der Waals surface area contributed by atoms with Gasteiger partial charge in [-0.25, -0.2) is 0 Å². The standard InChI is InChI=1S/C44H31NS/c1-27-19-21-28(22-20-27)41-33-15-6-5-13-31(33)37-25-29(23-24-34(37)41)36-26-38-32-14-7-9-17-39(32)45(30-11-3-2-4-12-30)43(38)44-42(36)35-16-8-10-18-40(35)46-44/h2-19,21-27,41H,20H2,1H3. The van der Waals surface area contributed by atoms with E-state index < -0.39 is 0 Å². The van der Waals surface area contributed by atoms with Gasteiger partial charge in [-0.2, -0.15) is 0 Å². The molecule has 2 aliphatic carbocycles. The van der Waals surface area contributed by atoms with Crippen LogP contribution in [-0.2, 0) is 0 Å². The molecule has 2 unspecified atom stereocenters. The molecule has 2 atom stereocenters. The topological polar surface area (TPSA) is 4.93 Å². The molecule has 8 aromatic rings. The first-order chi connectivity index (χ1) is 22.7. The van der Waals surface area contributed by atoms with Crippen LogP contribution in [0.5, 0.6) is 0 Å². The first kappa shape index (κ1) is 26.1. The number of rotatable bonds is 3. The van der Waals surface area contributed by atoms with Crippen molar-refractivity contribution in [1.82, 2.24) is 4.57 Å². The Morgan fingerprint density at radius 1 is 0.652 bits per heavy atom. The van der Waals surface area contributed by atoms with E-state index in [1.165, 1.54) is 86.6 Å². The molecular formula is C44H31NS. The second kappa shape index (κ2) is 9.91. The third kappa shape index (κ3) is 3.68. The molecular weight excluding hydrogens is 575 g/mol. The highest BCUT2D eigenvalue weighted by Crippen LogP contribution is 2.52. The van der Waals surface area contributed by atoms with Crippen LogP contribution >= 0.6 is 11.3 Å². The van der Waals surface area contributed by atoms with Crippen molar-refractivity contribution in [1.29, 1.82) is 0 Å². The smallest absolute Gasteiger partial charge is 0.0720 e. The van der Waals surface area contributed by atoms with E-state index >= 15 is 0 Å². The van der Waals surface area contributed by atoms with Crippen LogP contribution in [-0.4, -0.2) is 4.57 Å². The van der Waals surface area contributed by atoms with Crippen LogP contribution in [0.1, 0.15) is 30.4 Å². The lowest BCUT2D eigenvalue weighted by molar-refractivity contribution is 0.723. The zero-order valence-corrected chi connectivity index (χ0v) is 26.4. The minimum Gasteiger partial charge on any atom is -0.308 e. The molecule has 0 aliphatic heterocycles. The van der Waals surface area contributed by atoms with Gasteiger partial charge in [-0.05, 0) is 87.7 Å². The second-order valence-electron chi connectivity index (χ2n) is 12.9. The van der Waals surface area contributed by atoms with Crippen molar-refractivity contribution in [2.45, 2.75) is 19.3 Å². The maximum absolute atomic E-state index is 2.48. The molecule has 0 bridgehead atoms. The number of thiophene rings is 1. The van der Waals surface area contributed by atoms with Gasteiger partial charge in [0.2, 0.25) is 0 Å². The molecule has 46 heavy (non-hydrogen) atoms. The van der Waals surface area contributed by atoms with Crippen LogP contribution in [0.2, 0.25) is 0 Å². The van der Waals surface area contributed by atoms with Crippen LogP contribution in [0, 0.1) is 5.92 Å². The van der Waals surface area contributed by atoms with Crippen molar-refractivity contribution in [2.24, 2.45) is 5.92 Å². The van der Waals surface area contributed by atoms with Crippen molar-refractivity contribution < 1.29 is 0 Å². The summed E-state index contributed by atoms with van der Waals surface area (Å²) < 4.78 is 5.15. The Balaban J connectivity index is 1.28. The molecule has 0 saturated heterocycles. The highest BCUT2D eigenvalue weighted by atomic mass is 32.1. The fraction of sp³-hybridized carbons (Fsp3) is 0.0909. The lowest BCUT2D eigenvalue weighted by atomic mass is 9.84. The molecule has 0 spiro atoms. The molecule has 10 rings (SSSR count). The maximum atomic E-state index is 2.48. The van der Waals surface area contributed by atoms with Gasteiger partial charge in [0, 0.05) is 37.9 Å². The van der Waals surface area contributed by atoms with Crippen molar-refractivity contribution in [3.05, 3.63) is 162 Å². The Labute approximate surface area is 272 Å². The first-order valence-corrected chi connectivity index (χ1v) is 17.1. The molecule has 1 nitrogen and oxygen atoms in total. The van der Waals surface area contributed by atoms with Gasteiger partial charge >= 0.3 is 0 Å². The number of fused-ring (bicyclic) bond motifs is 10. The summed E-state index contributed by atoms with van der Waals surface area (Å²) >= 11 is 1.92. The van der Waals surface area contributed by atoms with Crippen molar-refractivity contribution >= 4 is 53.3 Å². The predicted octanol–water partition coefficient (Wildman–Crippen LogP) is 12.5. The van der Waals surface area contributed by atoms with E-state index in [-0.39, 0.29) is 5.92 Å². The molecule has 218 valence electrons. The van der Waals surface area contributed by atoms with Crippen molar-refractivity contribution in [3.8, 4) is 27.9 Å². The Kier molecular flexibility index (Phi) is 5.62. The second-order valence-corrected chi connectivity index (χ2v) is 14.0. The Bertz CT molecular complexity index is 2580. The molecule has 2 aliphatic rings. The van der Waals surface area contributed by atoms with Gasteiger partial charge in [0.25, 0.3) is 0 Å². The third-order valence-electron chi connectivity index (χ3n) is 10.2. The molecule has 0 radical (unpaired) electrons. The Hall–Kier alpha value is -5.18. The first-order valence-electron chi connectivity index (χ1n) is 16.3. The average molecular weight is 606 g/mol. The summed E-state index contributed by atoms with van der Waals surface area (Å²) in [6, 6.07) is 47.5. The number of hydrogen-bond donors (Lipinski definition) is 0. The van der Waals surface area contributed by atoms with Gasteiger partial charge in [0.05, 0.1) is 15.7 Å². The number of allylic oxidation sites excluding steroid dienone is 4. The zero-order chi connectivity index (χ0) is 30.4. The van der Waals surface area contributed by atoms with Gasteiger partial charge in [-0.3, -0.25) is 0 Å². The minimum absolute atomic E-state index is 0.289. The summed E-state index contributed by atoms with van der Waals surface area (Å²) in [6.45, 7) is 2.30. The van der Waals surface area contributed by atoms with E-state index in [4.69, 9.17) is 0 Å². The van der Waals surface area contributed by atoms with Crippen LogP contribution in [0.15, 0.2) is 151 Å². The van der Waals surface area contributed by atoms with E-state index in [2.05, 4.69) is 157 Å². The number of benzene rings is 6. The third-order valence-corrected chi connectivity index (χ3v) is 11.4.